The molecule has 2 aliphatic carbocycles. The van der Waals surface area contributed by atoms with E-state index >= 15 is 0 Å². The summed E-state index contributed by atoms with van der Waals surface area (Å²) in [5.41, 5.74) is 14.9. The SMILES string of the molecule is CC(C)n1c(O[C@@H]2C[C@@H](C(N)=O)N(C(=O)[C@H](CCCCC/C=C\[C@@H]3CC3C(=O)NS(=O)(=O)C3(C)CC3)Nc3ccccc3)C2)nc2c(N)cccc21. The molecule has 280 valence electrons. The fourth-order valence-electron chi connectivity index (χ4n) is 7.00. The quantitative estimate of drug-likeness (QED) is 0.0869. The number of fused-ring (bicyclic) bond motifs is 1. The highest BCUT2D eigenvalue weighted by Crippen LogP contribution is 2.44. The number of imidazole rings is 1. The highest BCUT2D eigenvalue weighted by Gasteiger charge is 2.52. The molecule has 3 fully saturated rings. The van der Waals surface area contributed by atoms with Crippen LogP contribution in [-0.2, 0) is 24.4 Å². The Morgan fingerprint density at radius 3 is 2.50 bits per heavy atom. The van der Waals surface area contributed by atoms with Gasteiger partial charge < -0.3 is 26.4 Å². The summed E-state index contributed by atoms with van der Waals surface area (Å²) >= 11 is 0. The van der Waals surface area contributed by atoms with Gasteiger partial charge in [0.15, 0.2) is 0 Å². The smallest absolute Gasteiger partial charge is 0.298 e. The molecule has 1 aromatic heterocycles. The molecule has 3 aromatic rings. The van der Waals surface area contributed by atoms with Crippen LogP contribution < -0.4 is 26.2 Å². The number of allylic oxidation sites excluding steroid dienone is 2. The first-order valence-corrected chi connectivity index (χ1v) is 19.8. The molecule has 3 aliphatic rings. The van der Waals surface area contributed by atoms with E-state index in [1.54, 1.807) is 17.9 Å². The van der Waals surface area contributed by atoms with Crippen LogP contribution in [0.4, 0.5) is 11.4 Å². The number of hydrogen-bond donors (Lipinski definition) is 4. The maximum absolute atomic E-state index is 14.2. The highest BCUT2D eigenvalue weighted by atomic mass is 32.2. The van der Waals surface area contributed by atoms with E-state index in [-0.39, 0.29) is 36.8 Å². The van der Waals surface area contributed by atoms with Crippen LogP contribution in [0.15, 0.2) is 60.7 Å². The number of unbranched alkanes of at least 4 members (excludes halogenated alkanes) is 3. The molecule has 52 heavy (non-hydrogen) atoms. The van der Waals surface area contributed by atoms with Crippen LogP contribution >= 0.6 is 0 Å². The average Bonchev–Trinajstić information content (AvgIpc) is 3.97. The van der Waals surface area contributed by atoms with E-state index < -0.39 is 44.8 Å². The second kappa shape index (κ2) is 15.2. The number of nitrogens with one attached hydrogen (secondary N) is 2. The Kier molecular flexibility index (Phi) is 10.8. The van der Waals surface area contributed by atoms with E-state index in [2.05, 4.69) is 21.1 Å². The Bertz CT molecular complexity index is 1920. The standard InChI is InChI=1S/C38H51N7O6S/c1-24(2)45-31-18-12-16-29(39)33(31)42-37(45)51-27-22-32(34(40)46)44(23-27)36(48)30(41-26-14-9-7-10-15-26)17-11-6-4-5-8-13-25-21-28(25)35(47)43-52(49,50)38(3)19-20-38/h7-10,12-16,18,24-25,27-28,30,32,41H,4-6,11,17,19-23,39H2,1-3H3,(H2,40,46)(H,43,47)/b13-8-/t25-,27-,28?,30+,32+/m1/s1. The molecule has 6 N–H and O–H groups in total. The maximum Gasteiger partial charge on any atom is 0.298 e. The number of nitrogen functional groups attached to an aromatic ring is 1. The van der Waals surface area contributed by atoms with Crippen LogP contribution in [0, 0.1) is 11.8 Å². The van der Waals surface area contributed by atoms with Crippen molar-refractivity contribution < 1.29 is 27.5 Å². The summed E-state index contributed by atoms with van der Waals surface area (Å²) in [5, 5.41) is 3.39. The zero-order chi connectivity index (χ0) is 37.2. The van der Waals surface area contributed by atoms with Crippen LogP contribution in [0.2, 0.25) is 0 Å². The Hall–Kier alpha value is -4.59. The molecule has 1 aliphatic heterocycles. The molecule has 3 amide bonds. The summed E-state index contributed by atoms with van der Waals surface area (Å²) in [6.07, 6.45) is 9.55. The Labute approximate surface area is 305 Å². The molecule has 2 heterocycles. The predicted molar refractivity (Wildman–Crippen MR) is 201 cm³/mol. The van der Waals surface area contributed by atoms with Crippen molar-refractivity contribution in [2.45, 2.75) is 108 Å². The number of benzene rings is 2. The molecular weight excluding hydrogens is 683 g/mol. The molecule has 2 saturated carbocycles. The Morgan fingerprint density at radius 2 is 1.81 bits per heavy atom. The summed E-state index contributed by atoms with van der Waals surface area (Å²) < 4.78 is 34.6. The summed E-state index contributed by atoms with van der Waals surface area (Å²) in [7, 11) is -3.61. The van der Waals surface area contributed by atoms with Crippen LogP contribution in [0.25, 0.3) is 11.0 Å². The van der Waals surface area contributed by atoms with Gasteiger partial charge in [0.1, 0.15) is 23.7 Å². The molecule has 14 heteroatoms. The maximum atomic E-state index is 14.2. The lowest BCUT2D eigenvalue weighted by molar-refractivity contribution is -0.138. The molecule has 0 spiro atoms. The van der Waals surface area contributed by atoms with E-state index in [4.69, 9.17) is 16.2 Å². The number of anilines is 2. The fourth-order valence-corrected chi connectivity index (χ4v) is 8.30. The van der Waals surface area contributed by atoms with Crippen LogP contribution in [0.3, 0.4) is 0 Å². The first-order chi connectivity index (χ1) is 24.8. The van der Waals surface area contributed by atoms with Gasteiger partial charge in [-0.3, -0.25) is 23.7 Å². The number of hydrogen-bond acceptors (Lipinski definition) is 9. The second-order valence-corrected chi connectivity index (χ2v) is 17.2. The normalized spacial score (nSPS) is 22.8. The molecule has 13 nitrogen and oxygen atoms in total. The van der Waals surface area contributed by atoms with Gasteiger partial charge in [-0.05, 0) is 89.5 Å². The van der Waals surface area contributed by atoms with Gasteiger partial charge in [-0.25, -0.2) is 8.42 Å². The monoisotopic (exact) mass is 733 g/mol. The van der Waals surface area contributed by atoms with E-state index in [0.29, 0.717) is 42.9 Å². The predicted octanol–water partition coefficient (Wildman–Crippen LogP) is 4.66. The molecule has 0 bridgehead atoms. The highest BCUT2D eigenvalue weighted by molar-refractivity contribution is 7.91. The lowest BCUT2D eigenvalue weighted by atomic mass is 10.0. The Morgan fingerprint density at radius 1 is 1.06 bits per heavy atom. The van der Waals surface area contributed by atoms with Crippen LogP contribution in [0.5, 0.6) is 6.01 Å². The van der Waals surface area contributed by atoms with Crippen molar-refractivity contribution in [3.05, 3.63) is 60.7 Å². The van der Waals surface area contributed by atoms with E-state index in [1.807, 2.05) is 67.0 Å². The zero-order valence-electron chi connectivity index (χ0n) is 30.2. The van der Waals surface area contributed by atoms with Gasteiger partial charge in [-0.2, -0.15) is 4.98 Å². The molecule has 0 radical (unpaired) electrons. The number of primary amides is 1. The van der Waals surface area contributed by atoms with Crippen molar-refractivity contribution >= 4 is 50.2 Å². The van der Waals surface area contributed by atoms with E-state index in [9.17, 15) is 22.8 Å². The topological polar surface area (TPSA) is 192 Å². The van der Waals surface area contributed by atoms with E-state index in [1.165, 1.54) is 0 Å². The molecule has 2 aromatic carbocycles. The summed E-state index contributed by atoms with van der Waals surface area (Å²) in [6.45, 7) is 5.91. The van der Waals surface area contributed by atoms with Crippen LogP contribution in [0.1, 0.15) is 84.6 Å². The third-order valence-electron chi connectivity index (χ3n) is 10.6. The number of nitrogens with two attached hydrogens (primary N) is 2. The average molecular weight is 734 g/mol. The third-order valence-corrected chi connectivity index (χ3v) is 12.7. The van der Waals surface area contributed by atoms with Gasteiger partial charge in [0.2, 0.25) is 27.7 Å². The number of amides is 3. The number of para-hydroxylation sites is 2. The van der Waals surface area contributed by atoms with E-state index in [0.717, 1.165) is 36.9 Å². The Balaban J connectivity index is 1.04. The van der Waals surface area contributed by atoms with Crippen molar-refractivity contribution in [3.8, 4) is 6.01 Å². The minimum atomic E-state index is -3.61. The number of carbonyl (C=O) groups is 3. The number of aromatic nitrogens is 2. The molecule has 1 saturated heterocycles. The van der Waals surface area contributed by atoms with Crippen LogP contribution in [-0.4, -0.2) is 70.1 Å². The van der Waals surface area contributed by atoms with Crippen molar-refractivity contribution in [1.29, 1.82) is 0 Å². The number of sulfonamides is 1. The van der Waals surface area contributed by atoms with Gasteiger partial charge in [0, 0.05) is 24.1 Å². The van der Waals surface area contributed by atoms with Gasteiger partial charge in [0.25, 0.3) is 6.01 Å². The van der Waals surface area contributed by atoms with Crippen molar-refractivity contribution in [3.63, 3.8) is 0 Å². The van der Waals surface area contributed by atoms with Gasteiger partial charge in [-0.15, -0.1) is 0 Å². The van der Waals surface area contributed by atoms with Gasteiger partial charge in [-0.1, -0.05) is 49.3 Å². The number of rotatable bonds is 17. The zero-order valence-corrected chi connectivity index (χ0v) is 31.0. The number of ether oxygens (including phenoxy) is 1. The third kappa shape index (κ3) is 8.22. The summed E-state index contributed by atoms with van der Waals surface area (Å²) in [6, 6.07) is 14.1. The number of carbonyl (C=O) groups excluding carboxylic acids is 3. The minimum absolute atomic E-state index is 0.0292. The van der Waals surface area contributed by atoms with Gasteiger partial charge >= 0.3 is 0 Å². The molecule has 5 atom stereocenters. The minimum Gasteiger partial charge on any atom is -0.459 e. The fraction of sp³-hybridized carbons (Fsp3) is 0.526. The number of nitrogens with zero attached hydrogens (tertiary/aromatic N) is 3. The molecule has 1 unspecified atom stereocenters. The van der Waals surface area contributed by atoms with Crippen molar-refractivity contribution in [2.24, 2.45) is 17.6 Å². The van der Waals surface area contributed by atoms with Crippen molar-refractivity contribution in [1.82, 2.24) is 19.2 Å². The first kappa shape index (κ1) is 37.2. The lowest BCUT2D eigenvalue weighted by Crippen LogP contribution is -2.49. The molecular formula is C38H51N7O6S. The lowest BCUT2D eigenvalue weighted by Gasteiger charge is -2.28. The largest absolute Gasteiger partial charge is 0.459 e. The first-order valence-electron chi connectivity index (χ1n) is 18.4. The summed E-state index contributed by atoms with van der Waals surface area (Å²) in [4.78, 5) is 45.6. The summed E-state index contributed by atoms with van der Waals surface area (Å²) in [5.74, 6) is -1.43. The number of likely N-dealkylation sites (tertiary alicyclic amines) is 1. The second-order valence-electron chi connectivity index (χ2n) is 15.0. The van der Waals surface area contributed by atoms with Crippen molar-refractivity contribution in [2.75, 3.05) is 17.6 Å². The molecule has 6 rings (SSSR count). The van der Waals surface area contributed by atoms with Gasteiger partial charge in [0.05, 0.1) is 22.5 Å².